The van der Waals surface area contributed by atoms with Gasteiger partial charge in [-0.05, 0) is 197 Å². The molecule has 107 heavy (non-hydrogen) atoms. The Kier molecular flexibility index (Phi) is 31.5. The van der Waals surface area contributed by atoms with E-state index in [9.17, 15) is 28.8 Å². The van der Waals surface area contributed by atoms with Gasteiger partial charge in [-0.15, -0.1) is 0 Å². The number of rotatable bonds is 40. The maximum atomic E-state index is 14.7. The fourth-order valence-corrected chi connectivity index (χ4v) is 13.9. The van der Waals surface area contributed by atoms with Crippen LogP contribution in [0.5, 0.6) is 69.0 Å². The van der Waals surface area contributed by atoms with Crippen molar-refractivity contribution in [3.63, 3.8) is 0 Å². The second-order valence-corrected chi connectivity index (χ2v) is 26.7. The summed E-state index contributed by atoms with van der Waals surface area (Å²) >= 11 is 0. The molecule has 6 aromatic carbocycles. The number of carbonyl (C=O) groups excluding carboxylic acids is 6. The van der Waals surface area contributed by atoms with E-state index in [0.29, 0.717) is 175 Å². The average molecular weight is 1480 g/mol. The summed E-state index contributed by atoms with van der Waals surface area (Å²) in [6, 6.07) is 30.8. The molecule has 7 atom stereocenters. The number of ether oxygens (including phenoxy) is 14. The molecule has 2 fully saturated rings. The van der Waals surface area contributed by atoms with E-state index in [-0.39, 0.29) is 44.0 Å². The van der Waals surface area contributed by atoms with Crippen molar-refractivity contribution in [3.8, 4) is 69.0 Å². The minimum Gasteiger partial charge on any atom is -0.493 e. The quantitative estimate of drug-likeness (QED) is 0.0339. The Morgan fingerprint density at radius 3 is 1.15 bits per heavy atom. The van der Waals surface area contributed by atoms with E-state index in [1.165, 1.54) is 42.7 Å². The van der Waals surface area contributed by atoms with Gasteiger partial charge in [0.1, 0.15) is 35.8 Å². The second-order valence-electron chi connectivity index (χ2n) is 26.7. The lowest BCUT2D eigenvalue weighted by atomic mass is 9.91. The van der Waals surface area contributed by atoms with Gasteiger partial charge in [0.15, 0.2) is 59.2 Å². The molecule has 2 aliphatic rings. The van der Waals surface area contributed by atoms with Crippen molar-refractivity contribution in [1.82, 2.24) is 25.3 Å². The Hall–Kier alpha value is -10.3. The first-order valence-electron chi connectivity index (χ1n) is 36.5. The molecule has 25 heteroatoms. The minimum absolute atomic E-state index is 0.197. The number of benzene rings is 6. The van der Waals surface area contributed by atoms with Crippen LogP contribution in [-0.2, 0) is 51.1 Å². The Morgan fingerprint density at radius 2 is 0.813 bits per heavy atom. The third-order valence-electron chi connectivity index (χ3n) is 19.5. The van der Waals surface area contributed by atoms with Crippen LogP contribution >= 0.6 is 0 Å². The molecule has 580 valence electrons. The Labute approximate surface area is 628 Å². The fourth-order valence-electron chi connectivity index (χ4n) is 13.9. The summed E-state index contributed by atoms with van der Waals surface area (Å²) < 4.78 is 81.2. The summed E-state index contributed by atoms with van der Waals surface area (Å²) in [5, 5.41) is 5.94. The van der Waals surface area contributed by atoms with Crippen LogP contribution in [0, 0.1) is 5.92 Å². The highest BCUT2D eigenvalue weighted by Gasteiger charge is 2.40. The zero-order chi connectivity index (χ0) is 77.1. The molecule has 0 aliphatic carbocycles. The monoisotopic (exact) mass is 1480 g/mol. The lowest BCUT2D eigenvalue weighted by Gasteiger charge is -2.37. The predicted octanol–water partition coefficient (Wildman–Crippen LogP) is 11.2. The van der Waals surface area contributed by atoms with Crippen molar-refractivity contribution in [3.05, 3.63) is 143 Å². The van der Waals surface area contributed by atoms with Gasteiger partial charge in [0.05, 0.1) is 82.9 Å². The van der Waals surface area contributed by atoms with E-state index >= 15 is 0 Å². The van der Waals surface area contributed by atoms with Crippen molar-refractivity contribution in [1.29, 1.82) is 0 Å². The third-order valence-corrected chi connectivity index (χ3v) is 19.5. The predicted molar refractivity (Wildman–Crippen MR) is 402 cm³/mol. The van der Waals surface area contributed by atoms with Crippen molar-refractivity contribution >= 4 is 35.6 Å². The van der Waals surface area contributed by atoms with Crippen molar-refractivity contribution in [2.45, 2.75) is 127 Å². The van der Waals surface area contributed by atoms with Gasteiger partial charge < -0.3 is 91.6 Å². The van der Waals surface area contributed by atoms with Gasteiger partial charge in [-0.1, -0.05) is 50.2 Å². The van der Waals surface area contributed by atoms with Gasteiger partial charge in [0.25, 0.3) is 11.8 Å². The molecule has 3 unspecified atom stereocenters. The van der Waals surface area contributed by atoms with Crippen LogP contribution in [0.3, 0.4) is 0 Å². The van der Waals surface area contributed by atoms with Crippen molar-refractivity contribution in [2.75, 3.05) is 131 Å². The molecular weight excluding hydrogens is 1370 g/mol. The lowest BCUT2D eigenvalue weighted by Crippen LogP contribution is -2.50. The number of likely N-dealkylation sites (tertiary alicyclic amines) is 2. The van der Waals surface area contributed by atoms with Crippen molar-refractivity contribution in [2.24, 2.45) is 5.92 Å². The summed E-state index contributed by atoms with van der Waals surface area (Å²) in [5.74, 6) is 1.63. The van der Waals surface area contributed by atoms with E-state index in [2.05, 4.69) is 10.6 Å². The number of nitrogens with one attached hydrogen (secondary N) is 2. The SMILES string of the molecule is CCC(C(=O)N1CCCC[C@H]1C(=O)O[C@H](CCc1ccc(OC)c(OC)c1)c1cccc(OCC(=O)NCC(CNC(=O)COc2cccc([C@@H](CCc3ccc(OC)c(OC)c3)OC(=O)C3CCCCN3C(=O)[C@@H](CC)c3cc(OC)c(OC)c(OC)c3)c2)CN(C)C)c1)c1cc(OC)c(OC)c(OC)c1. The van der Waals surface area contributed by atoms with Gasteiger partial charge in [-0.3, -0.25) is 19.2 Å². The molecule has 2 N–H and O–H groups in total. The van der Waals surface area contributed by atoms with Gasteiger partial charge in [0.2, 0.25) is 23.3 Å². The topological polar surface area (TPSA) is 265 Å². The van der Waals surface area contributed by atoms with Crippen LogP contribution in [0.25, 0.3) is 0 Å². The molecule has 6 aromatic rings. The maximum Gasteiger partial charge on any atom is 0.329 e. The van der Waals surface area contributed by atoms with E-state index in [1.807, 2.05) is 81.4 Å². The molecule has 0 saturated carbocycles. The number of methoxy groups -OCH3 is 10. The molecule has 2 heterocycles. The normalized spacial score (nSPS) is 15.6. The molecular formula is C82H107N5O20. The first-order valence-corrected chi connectivity index (χ1v) is 36.5. The van der Waals surface area contributed by atoms with Crippen LogP contribution < -0.4 is 67.5 Å². The summed E-state index contributed by atoms with van der Waals surface area (Å²) in [6.45, 7) is 4.79. The zero-order valence-electron chi connectivity index (χ0n) is 64.4. The van der Waals surface area contributed by atoms with Gasteiger partial charge in [-0.2, -0.15) is 0 Å². The highest BCUT2D eigenvalue weighted by atomic mass is 16.6. The third kappa shape index (κ3) is 21.9. The number of amides is 4. The first kappa shape index (κ1) is 82.4. The van der Waals surface area contributed by atoms with Crippen LogP contribution in [0.4, 0.5) is 0 Å². The summed E-state index contributed by atoms with van der Waals surface area (Å²) in [6.07, 6.45) is 4.57. The van der Waals surface area contributed by atoms with E-state index < -0.39 is 59.9 Å². The number of hydrogen-bond donors (Lipinski definition) is 2. The van der Waals surface area contributed by atoms with Gasteiger partial charge >= 0.3 is 11.9 Å². The molecule has 25 nitrogen and oxygen atoms in total. The maximum absolute atomic E-state index is 14.7. The van der Waals surface area contributed by atoms with E-state index in [4.69, 9.17) is 66.3 Å². The summed E-state index contributed by atoms with van der Waals surface area (Å²) in [4.78, 5) is 91.4. The molecule has 2 aliphatic heterocycles. The lowest BCUT2D eigenvalue weighted by molar-refractivity contribution is -0.162. The number of esters is 2. The van der Waals surface area contributed by atoms with Crippen molar-refractivity contribution < 1.29 is 95.1 Å². The number of aryl methyl sites for hydroxylation is 2. The van der Waals surface area contributed by atoms with Crippen LogP contribution in [-0.4, -0.2) is 193 Å². The van der Waals surface area contributed by atoms with Crippen LogP contribution in [0.2, 0.25) is 0 Å². The number of piperidine rings is 2. The fraction of sp³-hybridized carbons (Fsp3) is 0.488. The number of carbonyl (C=O) groups is 6. The Morgan fingerprint density at radius 1 is 0.439 bits per heavy atom. The molecule has 0 bridgehead atoms. The molecule has 0 radical (unpaired) electrons. The van der Waals surface area contributed by atoms with Crippen LogP contribution in [0.15, 0.2) is 109 Å². The Bertz CT molecular complexity index is 3650. The largest absolute Gasteiger partial charge is 0.493 e. The molecule has 2 saturated heterocycles. The van der Waals surface area contributed by atoms with Gasteiger partial charge in [0, 0.05) is 38.6 Å². The Balaban J connectivity index is 0.906. The molecule has 8 rings (SSSR count). The van der Waals surface area contributed by atoms with E-state index in [1.54, 1.807) is 98.9 Å². The highest BCUT2D eigenvalue weighted by Crippen LogP contribution is 2.44. The molecule has 4 amide bonds. The minimum atomic E-state index is -0.860. The second kappa shape index (κ2) is 41.0. The summed E-state index contributed by atoms with van der Waals surface area (Å²) in [7, 11) is 19.2. The zero-order valence-corrected chi connectivity index (χ0v) is 64.4. The molecule has 0 spiro atoms. The van der Waals surface area contributed by atoms with Gasteiger partial charge in [-0.25, -0.2) is 9.59 Å². The number of nitrogens with zero attached hydrogens (tertiary/aromatic N) is 3. The standard InChI is InChI=1S/C82H107N5O20/c1-15-61(57-43-71(98-9)77(102-13)72(44-57)99-10)79(90)86-37-19-17-27-63(86)81(92)106-65(33-29-52-31-35-67(94-5)69(39-52)96-7)55-23-21-25-59(41-55)104-50-75(88)83-47-54(49-85(3)4)48-84-76(89)51-105-60-26-22-24-56(42-60)66(34-30-53-32-36-68(95-6)70(40-53)97-8)107-82(93)64-28-18-20-38-87(64)80(91)62(16-2)58-45-73(100-11)78(103-14)74(46-58)101-12/h21-26,31-32,35-36,39-46,54,61-66H,15-20,27-30,33-34,37-38,47-51H2,1-14H3,(H,83,88)(H,84,89)/t54?,61-,62?,63?,64-,65+,66+/m0/s1. The molecule has 0 aromatic heterocycles. The number of hydrogen-bond acceptors (Lipinski definition) is 21. The smallest absolute Gasteiger partial charge is 0.329 e. The van der Waals surface area contributed by atoms with Crippen LogP contribution in [0.1, 0.15) is 135 Å². The highest BCUT2D eigenvalue weighted by molar-refractivity contribution is 5.90. The van der Waals surface area contributed by atoms with E-state index in [0.717, 1.165) is 24.0 Å². The average Bonchev–Trinajstić information content (AvgIpc) is 0.795. The summed E-state index contributed by atoms with van der Waals surface area (Å²) in [5.41, 5.74) is 4.38. The first-order chi connectivity index (χ1) is 51.8.